The minimum absolute atomic E-state index is 0.610. The highest BCUT2D eigenvalue weighted by atomic mass is 32.2. The molecule has 4 nitrogen and oxygen atoms in total. The fraction of sp³-hybridized carbons (Fsp3) is 0.636. The van der Waals surface area contributed by atoms with Gasteiger partial charge in [0, 0.05) is 18.7 Å². The highest BCUT2D eigenvalue weighted by Crippen LogP contribution is 2.24. The van der Waals surface area contributed by atoms with E-state index in [2.05, 4.69) is 27.5 Å². The van der Waals surface area contributed by atoms with Crippen molar-refractivity contribution < 1.29 is 0 Å². The number of nitrogens with zero attached hydrogens (tertiary/aromatic N) is 2. The summed E-state index contributed by atoms with van der Waals surface area (Å²) in [6.45, 7) is 2.95. The number of aromatic nitrogens is 2. The van der Waals surface area contributed by atoms with Gasteiger partial charge in [0.05, 0.1) is 0 Å². The molecule has 1 saturated carbocycles. The molecule has 0 radical (unpaired) electrons. The van der Waals surface area contributed by atoms with Crippen molar-refractivity contribution in [2.24, 2.45) is 0 Å². The van der Waals surface area contributed by atoms with Crippen LogP contribution in [0.4, 0.5) is 11.6 Å². The molecule has 0 unspecified atom stereocenters. The Bertz CT molecular complexity index is 352. The summed E-state index contributed by atoms with van der Waals surface area (Å²) in [6, 6.07) is 2.60. The summed E-state index contributed by atoms with van der Waals surface area (Å²) in [5.74, 6) is 1.85. The van der Waals surface area contributed by atoms with E-state index in [0.717, 1.165) is 23.3 Å². The molecule has 0 atom stereocenters. The molecule has 0 saturated heterocycles. The molecule has 0 amide bonds. The van der Waals surface area contributed by atoms with Crippen LogP contribution in [0.25, 0.3) is 0 Å². The number of rotatable bonds is 5. The predicted octanol–water partition coefficient (Wildman–Crippen LogP) is 2.59. The van der Waals surface area contributed by atoms with Gasteiger partial charge in [-0.1, -0.05) is 11.8 Å². The van der Waals surface area contributed by atoms with Crippen LogP contribution in [0.15, 0.2) is 11.2 Å². The van der Waals surface area contributed by atoms with Crippen LogP contribution in [0, 0.1) is 0 Å². The Labute approximate surface area is 101 Å². The number of nitrogens with one attached hydrogen (secondary N) is 2. The molecule has 1 aliphatic rings. The molecule has 0 bridgehead atoms. The second-order valence-electron chi connectivity index (χ2n) is 3.93. The van der Waals surface area contributed by atoms with Gasteiger partial charge in [-0.05, 0) is 32.4 Å². The lowest BCUT2D eigenvalue weighted by Gasteiger charge is -2.27. The molecule has 1 aliphatic carbocycles. The van der Waals surface area contributed by atoms with E-state index < -0.39 is 0 Å². The minimum Gasteiger partial charge on any atom is -0.370 e. The van der Waals surface area contributed by atoms with Gasteiger partial charge in [-0.25, -0.2) is 9.97 Å². The first kappa shape index (κ1) is 11.5. The maximum atomic E-state index is 4.46. The molecule has 0 aromatic carbocycles. The summed E-state index contributed by atoms with van der Waals surface area (Å²) in [5.41, 5.74) is 0. The second kappa shape index (κ2) is 5.39. The summed E-state index contributed by atoms with van der Waals surface area (Å²) in [6.07, 6.45) is 5.85. The van der Waals surface area contributed by atoms with Gasteiger partial charge in [-0.15, -0.1) is 0 Å². The maximum absolute atomic E-state index is 4.46. The molecule has 16 heavy (non-hydrogen) atoms. The monoisotopic (exact) mass is 238 g/mol. The third kappa shape index (κ3) is 2.78. The van der Waals surface area contributed by atoms with Crippen molar-refractivity contribution in [1.29, 1.82) is 0 Å². The zero-order valence-electron chi connectivity index (χ0n) is 9.79. The Hall–Kier alpha value is -0.970. The van der Waals surface area contributed by atoms with Gasteiger partial charge in [0.1, 0.15) is 11.6 Å². The smallest absolute Gasteiger partial charge is 0.191 e. The van der Waals surface area contributed by atoms with Gasteiger partial charge in [0.15, 0.2) is 5.16 Å². The summed E-state index contributed by atoms with van der Waals surface area (Å²) < 4.78 is 0. The largest absolute Gasteiger partial charge is 0.370 e. The van der Waals surface area contributed by atoms with Gasteiger partial charge in [0.25, 0.3) is 0 Å². The number of hydrogen-bond donors (Lipinski definition) is 2. The van der Waals surface area contributed by atoms with Crippen molar-refractivity contribution in [3.05, 3.63) is 6.07 Å². The Morgan fingerprint density at radius 1 is 1.38 bits per heavy atom. The lowest BCUT2D eigenvalue weighted by molar-refractivity contribution is 0.444. The summed E-state index contributed by atoms with van der Waals surface area (Å²) in [7, 11) is 0. The first-order valence-electron chi connectivity index (χ1n) is 5.75. The van der Waals surface area contributed by atoms with E-state index in [1.165, 1.54) is 19.3 Å². The van der Waals surface area contributed by atoms with Crippen molar-refractivity contribution >= 4 is 23.4 Å². The van der Waals surface area contributed by atoms with E-state index in [1.807, 2.05) is 12.3 Å². The zero-order chi connectivity index (χ0) is 11.4. The highest BCUT2D eigenvalue weighted by molar-refractivity contribution is 7.98. The van der Waals surface area contributed by atoms with Crippen LogP contribution in [0.1, 0.15) is 26.2 Å². The molecule has 5 heteroatoms. The minimum atomic E-state index is 0.610. The Morgan fingerprint density at radius 2 is 2.12 bits per heavy atom. The van der Waals surface area contributed by atoms with Gasteiger partial charge < -0.3 is 10.6 Å². The SMILES string of the molecule is CCNc1cc(NC2CCC2)nc(SC)n1. The first-order valence-corrected chi connectivity index (χ1v) is 6.97. The molecule has 1 heterocycles. The van der Waals surface area contributed by atoms with Gasteiger partial charge in [-0.3, -0.25) is 0 Å². The van der Waals surface area contributed by atoms with Crippen molar-refractivity contribution in [3.8, 4) is 0 Å². The van der Waals surface area contributed by atoms with Crippen LogP contribution in [0.2, 0.25) is 0 Å². The van der Waals surface area contributed by atoms with E-state index in [-0.39, 0.29) is 0 Å². The van der Waals surface area contributed by atoms with E-state index in [4.69, 9.17) is 0 Å². The van der Waals surface area contributed by atoms with Crippen molar-refractivity contribution in [2.45, 2.75) is 37.4 Å². The van der Waals surface area contributed by atoms with Crippen LogP contribution in [0.3, 0.4) is 0 Å². The normalized spacial score (nSPS) is 15.6. The molecule has 0 aliphatic heterocycles. The molecule has 1 fully saturated rings. The quantitative estimate of drug-likeness (QED) is 0.610. The number of thioether (sulfide) groups is 1. The molecule has 0 spiro atoms. The Kier molecular flexibility index (Phi) is 3.88. The lowest BCUT2D eigenvalue weighted by atomic mass is 9.93. The maximum Gasteiger partial charge on any atom is 0.191 e. The van der Waals surface area contributed by atoms with Crippen molar-refractivity contribution in [1.82, 2.24) is 9.97 Å². The zero-order valence-corrected chi connectivity index (χ0v) is 10.6. The fourth-order valence-corrected chi connectivity index (χ4v) is 2.00. The van der Waals surface area contributed by atoms with Crippen LogP contribution < -0.4 is 10.6 Å². The molecule has 1 aromatic rings. The average Bonchev–Trinajstić information content (AvgIpc) is 2.24. The van der Waals surface area contributed by atoms with Crippen LogP contribution in [-0.2, 0) is 0 Å². The summed E-state index contributed by atoms with van der Waals surface area (Å²) in [5, 5.41) is 7.49. The lowest BCUT2D eigenvalue weighted by Crippen LogP contribution is -2.27. The van der Waals surface area contributed by atoms with E-state index >= 15 is 0 Å². The Morgan fingerprint density at radius 3 is 2.69 bits per heavy atom. The van der Waals surface area contributed by atoms with Crippen molar-refractivity contribution in [3.63, 3.8) is 0 Å². The predicted molar refractivity (Wildman–Crippen MR) is 69.2 cm³/mol. The molecular weight excluding hydrogens is 220 g/mol. The summed E-state index contributed by atoms with van der Waals surface area (Å²) >= 11 is 1.57. The standard InChI is InChI=1S/C11H18N4S/c1-3-12-9-7-10(13-8-5-4-6-8)15-11(14-9)16-2/h7-8H,3-6H2,1-2H3,(H2,12,13,14,15). The number of hydrogen-bond acceptors (Lipinski definition) is 5. The van der Waals surface area contributed by atoms with Gasteiger partial charge >= 0.3 is 0 Å². The topological polar surface area (TPSA) is 49.8 Å². The summed E-state index contributed by atoms with van der Waals surface area (Å²) in [4.78, 5) is 8.85. The van der Waals surface area contributed by atoms with Crippen LogP contribution in [-0.4, -0.2) is 28.8 Å². The third-order valence-corrected chi connectivity index (χ3v) is 3.25. The average molecular weight is 238 g/mol. The Balaban J connectivity index is 2.11. The van der Waals surface area contributed by atoms with Crippen molar-refractivity contribution in [2.75, 3.05) is 23.4 Å². The van der Waals surface area contributed by atoms with E-state index in [0.29, 0.717) is 6.04 Å². The van der Waals surface area contributed by atoms with Crippen LogP contribution in [0.5, 0.6) is 0 Å². The second-order valence-corrected chi connectivity index (χ2v) is 4.70. The number of anilines is 2. The molecule has 88 valence electrons. The third-order valence-electron chi connectivity index (χ3n) is 2.70. The highest BCUT2D eigenvalue weighted by Gasteiger charge is 2.17. The molecule has 2 rings (SSSR count). The molecular formula is C11H18N4S. The molecule has 2 N–H and O–H groups in total. The van der Waals surface area contributed by atoms with E-state index in [1.54, 1.807) is 11.8 Å². The van der Waals surface area contributed by atoms with E-state index in [9.17, 15) is 0 Å². The van der Waals surface area contributed by atoms with Crippen LogP contribution >= 0.6 is 11.8 Å². The fourth-order valence-electron chi connectivity index (χ4n) is 1.62. The first-order chi connectivity index (χ1) is 7.81. The molecule has 1 aromatic heterocycles. The van der Waals surface area contributed by atoms with Gasteiger partial charge in [-0.2, -0.15) is 0 Å². The van der Waals surface area contributed by atoms with Gasteiger partial charge in [0.2, 0.25) is 0 Å².